The first kappa shape index (κ1) is 13.5. The van der Waals surface area contributed by atoms with Crippen LogP contribution in [0.2, 0.25) is 0 Å². The number of nitrogens with one attached hydrogen (secondary N) is 2. The van der Waals surface area contributed by atoms with Crippen molar-refractivity contribution in [2.75, 3.05) is 0 Å². The molecule has 0 aliphatic heterocycles. The summed E-state index contributed by atoms with van der Waals surface area (Å²) >= 11 is 0. The molecule has 1 aromatic carbocycles. The van der Waals surface area contributed by atoms with Gasteiger partial charge in [-0.25, -0.2) is 0 Å². The summed E-state index contributed by atoms with van der Waals surface area (Å²) < 4.78 is 0. The van der Waals surface area contributed by atoms with Gasteiger partial charge in [-0.1, -0.05) is 24.3 Å². The number of nitrogens with zero attached hydrogens (tertiary/aromatic N) is 1. The molecule has 106 valence electrons. The third-order valence-electron chi connectivity index (χ3n) is 3.40. The number of hydrogen-bond acceptors (Lipinski definition) is 3. The maximum atomic E-state index is 12.0. The monoisotopic (exact) mass is 279 g/mol. The molecule has 0 spiro atoms. The van der Waals surface area contributed by atoms with Gasteiger partial charge >= 0.3 is 0 Å². The summed E-state index contributed by atoms with van der Waals surface area (Å²) in [5.41, 5.74) is 3.54. The zero-order valence-electron chi connectivity index (χ0n) is 11.9. The molecule has 0 fully saturated rings. The number of fused-ring (bicyclic) bond motifs is 1. The maximum Gasteiger partial charge on any atom is 0.252 e. The van der Waals surface area contributed by atoms with E-state index >= 15 is 0 Å². The lowest BCUT2D eigenvalue weighted by atomic mass is 10.1. The van der Waals surface area contributed by atoms with Crippen LogP contribution >= 0.6 is 0 Å². The first-order valence-electron chi connectivity index (χ1n) is 6.96. The predicted molar refractivity (Wildman–Crippen MR) is 84.1 cm³/mol. The summed E-state index contributed by atoms with van der Waals surface area (Å²) in [4.78, 5) is 19.4. The van der Waals surface area contributed by atoms with E-state index in [9.17, 15) is 4.79 Å². The van der Waals surface area contributed by atoms with Crippen molar-refractivity contribution >= 4 is 10.9 Å². The average Bonchev–Trinajstić information content (AvgIpc) is 2.48. The molecule has 0 aliphatic rings. The number of aromatic amines is 1. The van der Waals surface area contributed by atoms with Gasteiger partial charge in [-0.15, -0.1) is 0 Å². The number of H-pyrrole nitrogens is 1. The van der Waals surface area contributed by atoms with E-state index in [4.69, 9.17) is 0 Å². The normalized spacial score (nSPS) is 10.9. The lowest BCUT2D eigenvalue weighted by Gasteiger charge is -2.06. The highest BCUT2D eigenvalue weighted by Gasteiger charge is 2.02. The molecule has 4 heteroatoms. The summed E-state index contributed by atoms with van der Waals surface area (Å²) in [6.45, 7) is 3.14. The van der Waals surface area contributed by atoms with E-state index < -0.39 is 0 Å². The highest BCUT2D eigenvalue weighted by molar-refractivity contribution is 5.78. The molecule has 3 aromatic rings. The molecule has 2 heterocycles. The molecule has 2 N–H and O–H groups in total. The zero-order valence-corrected chi connectivity index (χ0v) is 11.9. The molecular formula is C17H17N3O. The molecular weight excluding hydrogens is 262 g/mol. The minimum atomic E-state index is -0.0431. The van der Waals surface area contributed by atoms with Gasteiger partial charge in [0.1, 0.15) is 0 Å². The topological polar surface area (TPSA) is 57.8 Å². The lowest BCUT2D eigenvalue weighted by Crippen LogP contribution is -2.21. The fraction of sp³-hybridized carbons (Fsp3) is 0.176. The Morgan fingerprint density at radius 3 is 2.81 bits per heavy atom. The van der Waals surface area contributed by atoms with Gasteiger partial charge in [0, 0.05) is 29.9 Å². The highest BCUT2D eigenvalue weighted by atomic mass is 16.1. The van der Waals surface area contributed by atoms with E-state index in [2.05, 4.69) is 15.3 Å². The Kier molecular flexibility index (Phi) is 3.79. The van der Waals surface area contributed by atoms with E-state index in [1.807, 2.05) is 55.5 Å². The van der Waals surface area contributed by atoms with Gasteiger partial charge in [0.2, 0.25) is 0 Å². The van der Waals surface area contributed by atoms with Crippen LogP contribution in [0.5, 0.6) is 0 Å². The molecule has 0 amide bonds. The Morgan fingerprint density at radius 1 is 1.10 bits per heavy atom. The van der Waals surface area contributed by atoms with Gasteiger partial charge in [-0.05, 0) is 36.6 Å². The summed E-state index contributed by atoms with van der Waals surface area (Å²) in [6, 6.07) is 15.7. The molecule has 0 aliphatic carbocycles. The minimum Gasteiger partial charge on any atom is -0.322 e. The molecule has 2 aromatic heterocycles. The van der Waals surface area contributed by atoms with Crippen molar-refractivity contribution in [3.63, 3.8) is 0 Å². The van der Waals surface area contributed by atoms with Crippen molar-refractivity contribution in [1.29, 1.82) is 0 Å². The van der Waals surface area contributed by atoms with Crippen LogP contribution in [0.15, 0.2) is 53.3 Å². The molecule has 0 saturated heterocycles. The maximum absolute atomic E-state index is 12.0. The molecule has 0 unspecified atom stereocenters. The van der Waals surface area contributed by atoms with Crippen molar-refractivity contribution in [3.05, 3.63) is 75.8 Å². The Labute approximate surface area is 122 Å². The van der Waals surface area contributed by atoms with Crippen LogP contribution in [0.25, 0.3) is 10.9 Å². The first-order chi connectivity index (χ1) is 10.2. The second kappa shape index (κ2) is 5.89. The van der Waals surface area contributed by atoms with Gasteiger partial charge in [-0.2, -0.15) is 0 Å². The van der Waals surface area contributed by atoms with Crippen LogP contribution in [0, 0.1) is 6.92 Å². The van der Waals surface area contributed by atoms with Crippen LogP contribution in [0.1, 0.15) is 17.0 Å². The SMILES string of the molecule is Cc1cccc(CNCc2cc3ccccc3[nH]c2=O)n1. The number of aryl methyl sites for hydroxylation is 1. The minimum absolute atomic E-state index is 0.0431. The van der Waals surface area contributed by atoms with Gasteiger partial charge in [0.05, 0.1) is 5.69 Å². The first-order valence-corrected chi connectivity index (χ1v) is 6.96. The molecule has 0 radical (unpaired) electrons. The molecule has 4 nitrogen and oxygen atoms in total. The van der Waals surface area contributed by atoms with Gasteiger partial charge in [0.25, 0.3) is 5.56 Å². The molecule has 0 atom stereocenters. The predicted octanol–water partition coefficient (Wildman–Crippen LogP) is 2.52. The molecule has 3 rings (SSSR count). The Bertz CT molecular complexity index is 823. The van der Waals surface area contributed by atoms with E-state index in [0.29, 0.717) is 13.1 Å². The van der Waals surface area contributed by atoms with Crippen LogP contribution in [0.3, 0.4) is 0 Å². The van der Waals surface area contributed by atoms with E-state index in [1.54, 1.807) is 0 Å². The number of benzene rings is 1. The average molecular weight is 279 g/mol. The van der Waals surface area contributed by atoms with E-state index in [0.717, 1.165) is 27.9 Å². The fourth-order valence-electron chi connectivity index (χ4n) is 2.35. The summed E-state index contributed by atoms with van der Waals surface area (Å²) in [5.74, 6) is 0. The summed E-state index contributed by atoms with van der Waals surface area (Å²) in [7, 11) is 0. The van der Waals surface area contributed by atoms with Crippen molar-refractivity contribution in [3.8, 4) is 0 Å². The van der Waals surface area contributed by atoms with Crippen molar-refractivity contribution in [1.82, 2.24) is 15.3 Å². The Hall–Kier alpha value is -2.46. The number of aromatic nitrogens is 2. The van der Waals surface area contributed by atoms with Crippen LogP contribution < -0.4 is 10.9 Å². The van der Waals surface area contributed by atoms with E-state index in [-0.39, 0.29) is 5.56 Å². The number of pyridine rings is 2. The van der Waals surface area contributed by atoms with Gasteiger partial charge < -0.3 is 10.3 Å². The standard InChI is InChI=1S/C17H17N3O/c1-12-5-4-7-15(19-12)11-18-10-14-9-13-6-2-3-8-16(13)20-17(14)21/h2-9,18H,10-11H2,1H3,(H,20,21). The molecule has 0 bridgehead atoms. The lowest BCUT2D eigenvalue weighted by molar-refractivity contribution is 0.674. The van der Waals surface area contributed by atoms with Gasteiger partial charge in [0.15, 0.2) is 0 Å². The van der Waals surface area contributed by atoms with Crippen LogP contribution in [-0.4, -0.2) is 9.97 Å². The summed E-state index contributed by atoms with van der Waals surface area (Å²) in [5, 5.41) is 4.31. The van der Waals surface area contributed by atoms with Gasteiger partial charge in [-0.3, -0.25) is 9.78 Å². The fourth-order valence-corrected chi connectivity index (χ4v) is 2.35. The molecule has 0 saturated carbocycles. The van der Waals surface area contributed by atoms with Crippen molar-refractivity contribution < 1.29 is 0 Å². The smallest absolute Gasteiger partial charge is 0.252 e. The molecule has 21 heavy (non-hydrogen) atoms. The Morgan fingerprint density at radius 2 is 1.95 bits per heavy atom. The van der Waals surface area contributed by atoms with Crippen LogP contribution in [-0.2, 0) is 13.1 Å². The number of hydrogen-bond donors (Lipinski definition) is 2. The number of para-hydroxylation sites is 1. The second-order valence-electron chi connectivity index (χ2n) is 5.08. The van der Waals surface area contributed by atoms with Crippen molar-refractivity contribution in [2.45, 2.75) is 20.0 Å². The summed E-state index contributed by atoms with van der Waals surface area (Å²) in [6.07, 6.45) is 0. The second-order valence-corrected chi connectivity index (χ2v) is 5.08. The highest BCUT2D eigenvalue weighted by Crippen LogP contribution is 2.10. The quantitative estimate of drug-likeness (QED) is 0.771. The largest absolute Gasteiger partial charge is 0.322 e. The van der Waals surface area contributed by atoms with E-state index in [1.165, 1.54) is 0 Å². The third-order valence-corrected chi connectivity index (χ3v) is 3.40. The van der Waals surface area contributed by atoms with Crippen LogP contribution in [0.4, 0.5) is 0 Å². The Balaban J connectivity index is 1.73. The number of rotatable bonds is 4. The zero-order chi connectivity index (χ0) is 14.7. The van der Waals surface area contributed by atoms with Crippen molar-refractivity contribution in [2.24, 2.45) is 0 Å². The third kappa shape index (κ3) is 3.17.